The summed E-state index contributed by atoms with van der Waals surface area (Å²) in [6.07, 6.45) is 3.55. The monoisotopic (exact) mass is 392 g/mol. The number of fused-ring (bicyclic) bond motifs is 1. The minimum absolute atomic E-state index is 0.201. The van der Waals surface area contributed by atoms with Crippen molar-refractivity contribution in [1.82, 2.24) is 19.5 Å². The van der Waals surface area contributed by atoms with Gasteiger partial charge in [-0.3, -0.25) is 0 Å². The zero-order valence-electron chi connectivity index (χ0n) is 17.6. The van der Waals surface area contributed by atoms with Crippen molar-refractivity contribution < 1.29 is 9.53 Å². The van der Waals surface area contributed by atoms with Gasteiger partial charge in [-0.25, -0.2) is 14.3 Å². The Hall–Kier alpha value is -2.89. The van der Waals surface area contributed by atoms with E-state index in [0.717, 1.165) is 42.0 Å². The Morgan fingerprint density at radius 3 is 2.66 bits per heavy atom. The molecular formula is C23H28N4O2. The van der Waals surface area contributed by atoms with Gasteiger partial charge in [-0.1, -0.05) is 29.8 Å². The van der Waals surface area contributed by atoms with E-state index in [0.29, 0.717) is 6.54 Å². The Balaban J connectivity index is 1.61. The molecule has 3 heterocycles. The molecule has 0 aliphatic carbocycles. The fraction of sp³-hybridized carbons (Fsp3) is 0.435. The Bertz CT molecular complexity index is 1020. The van der Waals surface area contributed by atoms with Crippen LogP contribution in [0.1, 0.15) is 50.8 Å². The number of nitrogens with zero attached hydrogens (tertiary/aromatic N) is 4. The van der Waals surface area contributed by atoms with Crippen molar-refractivity contribution >= 4 is 11.7 Å². The first kappa shape index (κ1) is 19.4. The third-order valence-corrected chi connectivity index (χ3v) is 5.23. The SMILES string of the molecule is Cc1ccc(-c2cc3nccc([C@@H]4CCCN(C(=O)OC(C)(C)C)C4)n3n2)cc1. The van der Waals surface area contributed by atoms with E-state index in [-0.39, 0.29) is 12.0 Å². The van der Waals surface area contributed by atoms with Gasteiger partial charge in [0.15, 0.2) is 5.65 Å². The van der Waals surface area contributed by atoms with Crippen molar-refractivity contribution in [3.8, 4) is 11.3 Å². The quantitative estimate of drug-likeness (QED) is 0.627. The molecule has 4 rings (SSSR count). The largest absolute Gasteiger partial charge is 0.444 e. The van der Waals surface area contributed by atoms with Gasteiger partial charge in [-0.05, 0) is 46.6 Å². The summed E-state index contributed by atoms with van der Waals surface area (Å²) in [4.78, 5) is 18.9. The van der Waals surface area contributed by atoms with Crippen LogP contribution in [0.5, 0.6) is 0 Å². The zero-order chi connectivity index (χ0) is 20.6. The lowest BCUT2D eigenvalue weighted by Gasteiger charge is -2.34. The van der Waals surface area contributed by atoms with Crippen LogP contribution in [-0.2, 0) is 4.74 Å². The summed E-state index contributed by atoms with van der Waals surface area (Å²) in [5.41, 5.74) is 4.63. The second kappa shape index (κ2) is 7.50. The van der Waals surface area contributed by atoms with Crippen LogP contribution < -0.4 is 0 Å². The van der Waals surface area contributed by atoms with Crippen LogP contribution >= 0.6 is 0 Å². The lowest BCUT2D eigenvalue weighted by molar-refractivity contribution is 0.0196. The number of aryl methyl sites for hydroxylation is 1. The third kappa shape index (κ3) is 4.26. The van der Waals surface area contributed by atoms with Crippen molar-refractivity contribution in [2.45, 2.75) is 52.1 Å². The molecule has 29 heavy (non-hydrogen) atoms. The molecule has 0 radical (unpaired) electrons. The van der Waals surface area contributed by atoms with E-state index in [1.165, 1.54) is 5.56 Å². The highest BCUT2D eigenvalue weighted by Gasteiger charge is 2.29. The van der Waals surface area contributed by atoms with Crippen LogP contribution in [0.4, 0.5) is 4.79 Å². The molecule has 0 unspecified atom stereocenters. The van der Waals surface area contributed by atoms with Crippen LogP contribution in [0.25, 0.3) is 16.9 Å². The Morgan fingerprint density at radius 1 is 1.17 bits per heavy atom. The molecule has 152 valence electrons. The van der Waals surface area contributed by atoms with Gasteiger partial charge >= 0.3 is 6.09 Å². The lowest BCUT2D eigenvalue weighted by atomic mass is 9.95. The number of ether oxygens (including phenoxy) is 1. The first-order valence-electron chi connectivity index (χ1n) is 10.2. The summed E-state index contributed by atoms with van der Waals surface area (Å²) in [6.45, 7) is 9.13. The molecule has 0 saturated carbocycles. The number of piperidine rings is 1. The summed E-state index contributed by atoms with van der Waals surface area (Å²) < 4.78 is 7.50. The smallest absolute Gasteiger partial charge is 0.410 e. The predicted octanol–water partition coefficient (Wildman–Crippen LogP) is 4.82. The van der Waals surface area contributed by atoms with Crippen LogP contribution in [0.15, 0.2) is 42.6 Å². The maximum Gasteiger partial charge on any atom is 0.410 e. The van der Waals surface area contributed by atoms with Gasteiger partial charge in [0.1, 0.15) is 5.60 Å². The summed E-state index contributed by atoms with van der Waals surface area (Å²) in [5.74, 6) is 0.201. The van der Waals surface area contributed by atoms with Gasteiger partial charge in [0.2, 0.25) is 0 Å². The normalized spacial score (nSPS) is 17.5. The fourth-order valence-corrected chi connectivity index (χ4v) is 3.80. The van der Waals surface area contributed by atoms with Crippen molar-refractivity contribution in [3.63, 3.8) is 0 Å². The number of rotatable bonds is 2. The molecule has 1 atom stereocenters. The Morgan fingerprint density at radius 2 is 1.93 bits per heavy atom. The molecule has 0 bridgehead atoms. The van der Waals surface area contributed by atoms with Gasteiger partial charge in [0.25, 0.3) is 0 Å². The zero-order valence-corrected chi connectivity index (χ0v) is 17.6. The summed E-state index contributed by atoms with van der Waals surface area (Å²) in [7, 11) is 0. The minimum atomic E-state index is -0.487. The van der Waals surface area contributed by atoms with Crippen molar-refractivity contribution in [3.05, 3.63) is 53.9 Å². The highest BCUT2D eigenvalue weighted by atomic mass is 16.6. The van der Waals surface area contributed by atoms with Crippen molar-refractivity contribution in [2.24, 2.45) is 0 Å². The maximum atomic E-state index is 12.5. The van der Waals surface area contributed by atoms with E-state index in [1.807, 2.05) is 48.5 Å². The molecule has 1 amide bonds. The molecular weight excluding hydrogens is 364 g/mol. The van der Waals surface area contributed by atoms with Gasteiger partial charge in [-0.2, -0.15) is 5.10 Å². The van der Waals surface area contributed by atoms with E-state index in [9.17, 15) is 4.79 Å². The topological polar surface area (TPSA) is 59.7 Å². The number of carbonyl (C=O) groups excluding carboxylic acids is 1. The summed E-state index contributed by atoms with van der Waals surface area (Å²) in [6, 6.07) is 12.4. The molecule has 6 heteroatoms. The Labute approximate surface area is 171 Å². The van der Waals surface area contributed by atoms with Gasteiger partial charge < -0.3 is 9.64 Å². The molecule has 1 aromatic carbocycles. The lowest BCUT2D eigenvalue weighted by Crippen LogP contribution is -2.42. The van der Waals surface area contributed by atoms with Gasteiger partial charge in [-0.15, -0.1) is 0 Å². The van der Waals surface area contributed by atoms with E-state index in [2.05, 4.69) is 36.2 Å². The summed E-state index contributed by atoms with van der Waals surface area (Å²) >= 11 is 0. The standard InChI is InChI=1S/C23H28N4O2/c1-16-7-9-17(10-8-16)19-14-21-24-12-11-20(27(21)25-19)18-6-5-13-26(15-18)22(28)29-23(2,3)4/h7-12,14,18H,5-6,13,15H2,1-4H3/t18-/m1/s1. The van der Waals surface area contributed by atoms with Crippen LogP contribution in [0.2, 0.25) is 0 Å². The molecule has 2 aromatic heterocycles. The van der Waals surface area contributed by atoms with Gasteiger partial charge in [0.05, 0.1) is 11.4 Å². The second-order valence-electron chi connectivity index (χ2n) is 8.80. The van der Waals surface area contributed by atoms with E-state index < -0.39 is 5.60 Å². The molecule has 1 aliphatic heterocycles. The van der Waals surface area contributed by atoms with Crippen molar-refractivity contribution in [1.29, 1.82) is 0 Å². The molecule has 1 saturated heterocycles. The van der Waals surface area contributed by atoms with E-state index >= 15 is 0 Å². The summed E-state index contributed by atoms with van der Waals surface area (Å²) in [5, 5.41) is 4.84. The number of hydrogen-bond donors (Lipinski definition) is 0. The molecule has 0 N–H and O–H groups in total. The predicted molar refractivity (Wildman–Crippen MR) is 113 cm³/mol. The van der Waals surface area contributed by atoms with Crippen LogP contribution in [0, 0.1) is 6.92 Å². The fourth-order valence-electron chi connectivity index (χ4n) is 3.80. The number of aromatic nitrogens is 3. The number of amides is 1. The first-order valence-corrected chi connectivity index (χ1v) is 10.2. The average molecular weight is 393 g/mol. The third-order valence-electron chi connectivity index (χ3n) is 5.23. The van der Waals surface area contributed by atoms with Crippen LogP contribution in [-0.4, -0.2) is 44.3 Å². The first-order chi connectivity index (χ1) is 13.8. The highest BCUT2D eigenvalue weighted by molar-refractivity contribution is 5.68. The number of hydrogen-bond acceptors (Lipinski definition) is 4. The number of carbonyl (C=O) groups is 1. The molecule has 0 spiro atoms. The molecule has 3 aromatic rings. The van der Waals surface area contributed by atoms with Gasteiger partial charge in [0, 0.05) is 36.8 Å². The highest BCUT2D eigenvalue weighted by Crippen LogP contribution is 2.29. The van der Waals surface area contributed by atoms with E-state index in [1.54, 1.807) is 0 Å². The average Bonchev–Trinajstić information content (AvgIpc) is 3.11. The van der Waals surface area contributed by atoms with Crippen LogP contribution in [0.3, 0.4) is 0 Å². The Kier molecular flexibility index (Phi) is 5.03. The van der Waals surface area contributed by atoms with Crippen molar-refractivity contribution in [2.75, 3.05) is 13.1 Å². The maximum absolute atomic E-state index is 12.5. The number of benzene rings is 1. The number of likely N-dealkylation sites (tertiary alicyclic amines) is 1. The van der Waals surface area contributed by atoms with E-state index in [4.69, 9.17) is 9.84 Å². The molecule has 1 aliphatic rings. The molecule has 1 fully saturated rings. The molecule has 6 nitrogen and oxygen atoms in total. The second-order valence-corrected chi connectivity index (χ2v) is 8.80. The minimum Gasteiger partial charge on any atom is -0.444 e.